The van der Waals surface area contributed by atoms with E-state index in [9.17, 15) is 13.2 Å². The summed E-state index contributed by atoms with van der Waals surface area (Å²) in [6.07, 6.45) is 0. The van der Waals surface area contributed by atoms with Crippen LogP contribution in [0.25, 0.3) is 0 Å². The van der Waals surface area contributed by atoms with Crippen LogP contribution >= 0.6 is 12.2 Å². The highest BCUT2D eigenvalue weighted by atomic mass is 32.2. The van der Waals surface area contributed by atoms with E-state index in [-0.39, 0.29) is 17.6 Å². The molecule has 0 spiro atoms. The maximum atomic E-state index is 12.5. The number of hydrogen-bond donors (Lipinski definition) is 1. The monoisotopic (exact) mass is 327 g/mol. The normalized spacial score (nSPS) is 11.4. The molecule has 0 radical (unpaired) electrons. The zero-order chi connectivity index (χ0) is 16.0. The van der Waals surface area contributed by atoms with Gasteiger partial charge in [0.25, 0.3) is 0 Å². The van der Waals surface area contributed by atoms with Crippen LogP contribution < -0.4 is 5.32 Å². The fraction of sp³-hybridized carbons (Fsp3) is 0.385. The Hall–Kier alpha value is -1.80. The van der Waals surface area contributed by atoms with Gasteiger partial charge in [-0.05, 0) is 24.7 Å². The molecule has 0 aliphatic heterocycles. The van der Waals surface area contributed by atoms with Crippen molar-refractivity contribution in [3.63, 3.8) is 0 Å². The minimum absolute atomic E-state index is 0.144. The Labute approximate surface area is 130 Å². The predicted octanol–water partition coefficient (Wildman–Crippen LogP) is 1.10. The van der Waals surface area contributed by atoms with Gasteiger partial charge in [0.15, 0.2) is 5.11 Å². The SMILES string of the molecule is CNC(=S)N(C)C(=O)C(CN=S(=O)=O)c1ccc(C)cc1. The van der Waals surface area contributed by atoms with Crippen LogP contribution in [0.1, 0.15) is 17.0 Å². The number of rotatable bonds is 4. The van der Waals surface area contributed by atoms with Gasteiger partial charge in [-0.2, -0.15) is 12.8 Å². The lowest BCUT2D eigenvalue weighted by Gasteiger charge is -2.23. The Morgan fingerprint density at radius 2 is 1.95 bits per heavy atom. The summed E-state index contributed by atoms with van der Waals surface area (Å²) in [5, 5.41) is 2.97. The molecule has 0 saturated carbocycles. The van der Waals surface area contributed by atoms with E-state index >= 15 is 0 Å². The number of nitrogens with one attached hydrogen (secondary N) is 1. The van der Waals surface area contributed by atoms with Crippen LogP contribution in [-0.2, 0) is 15.3 Å². The first-order chi connectivity index (χ1) is 9.86. The molecule has 1 rings (SSSR count). The lowest BCUT2D eigenvalue weighted by atomic mass is 9.97. The molecule has 8 heteroatoms. The Balaban J connectivity index is 3.13. The van der Waals surface area contributed by atoms with Crippen molar-refractivity contribution in [3.8, 4) is 0 Å². The molecule has 0 bridgehead atoms. The number of amides is 1. The van der Waals surface area contributed by atoms with Gasteiger partial charge in [0, 0.05) is 14.1 Å². The number of carbonyl (C=O) groups is 1. The first-order valence-electron chi connectivity index (χ1n) is 6.19. The standard InChI is InChI=1S/C13H17N3O3S2/c1-9-4-6-10(7-5-9)11(8-15-21(18)19)12(17)16(3)13(20)14-2/h4-7,11H,8H2,1-3H3,(H,14,20). The third-order valence-corrected chi connectivity index (χ3v) is 3.83. The second kappa shape index (κ2) is 7.84. The van der Waals surface area contributed by atoms with Gasteiger partial charge in [-0.1, -0.05) is 29.8 Å². The molecule has 0 aliphatic carbocycles. The van der Waals surface area contributed by atoms with Crippen molar-refractivity contribution in [3.05, 3.63) is 35.4 Å². The summed E-state index contributed by atoms with van der Waals surface area (Å²) in [6.45, 7) is 1.79. The van der Waals surface area contributed by atoms with Crippen LogP contribution in [0, 0.1) is 6.92 Å². The van der Waals surface area contributed by atoms with Gasteiger partial charge in [0.1, 0.15) is 0 Å². The van der Waals surface area contributed by atoms with Crippen molar-refractivity contribution in [1.29, 1.82) is 0 Å². The lowest BCUT2D eigenvalue weighted by Crippen LogP contribution is -2.42. The zero-order valence-corrected chi connectivity index (χ0v) is 13.7. The maximum Gasteiger partial charge on any atom is 0.311 e. The molecular weight excluding hydrogens is 310 g/mol. The molecule has 1 atom stereocenters. The van der Waals surface area contributed by atoms with Gasteiger partial charge in [-0.25, -0.2) is 0 Å². The van der Waals surface area contributed by atoms with E-state index < -0.39 is 16.4 Å². The summed E-state index contributed by atoms with van der Waals surface area (Å²) in [5.41, 5.74) is 1.75. The van der Waals surface area contributed by atoms with E-state index in [4.69, 9.17) is 12.2 Å². The predicted molar refractivity (Wildman–Crippen MR) is 84.6 cm³/mol. The number of likely N-dealkylation sites (N-methyl/N-ethyl adjacent to an activating group) is 1. The van der Waals surface area contributed by atoms with Crippen molar-refractivity contribution in [2.75, 3.05) is 20.6 Å². The minimum Gasteiger partial charge on any atom is -0.365 e. The summed E-state index contributed by atoms with van der Waals surface area (Å²) in [6, 6.07) is 7.30. The molecule has 1 N–H and O–H groups in total. The number of nitrogens with zero attached hydrogens (tertiary/aromatic N) is 2. The highest BCUT2D eigenvalue weighted by Crippen LogP contribution is 2.19. The van der Waals surface area contributed by atoms with Crippen LogP contribution in [0.2, 0.25) is 0 Å². The number of hydrogen-bond acceptors (Lipinski definition) is 5. The topological polar surface area (TPSA) is 78.8 Å². The molecule has 6 nitrogen and oxygen atoms in total. The number of benzene rings is 1. The molecule has 0 heterocycles. The molecule has 1 unspecified atom stereocenters. The largest absolute Gasteiger partial charge is 0.365 e. The van der Waals surface area contributed by atoms with Crippen molar-refractivity contribution in [2.45, 2.75) is 12.8 Å². The molecule has 0 fully saturated rings. The molecule has 114 valence electrons. The maximum absolute atomic E-state index is 12.5. The highest BCUT2D eigenvalue weighted by molar-refractivity contribution is 7.80. The summed E-state index contributed by atoms with van der Waals surface area (Å²) < 4.78 is 24.7. The van der Waals surface area contributed by atoms with Crippen LogP contribution in [0.3, 0.4) is 0 Å². The van der Waals surface area contributed by atoms with Gasteiger partial charge in [0.2, 0.25) is 5.91 Å². The molecule has 0 aliphatic rings. The molecule has 1 aromatic rings. The quantitative estimate of drug-likeness (QED) is 0.838. The summed E-state index contributed by atoms with van der Waals surface area (Å²) in [5.74, 6) is -1.01. The average Bonchev–Trinajstić information content (AvgIpc) is 2.47. The van der Waals surface area contributed by atoms with E-state index in [1.807, 2.05) is 19.1 Å². The van der Waals surface area contributed by atoms with Crippen molar-refractivity contribution < 1.29 is 13.2 Å². The van der Waals surface area contributed by atoms with Crippen molar-refractivity contribution in [1.82, 2.24) is 10.2 Å². The Bertz CT molecular complexity index is 646. The van der Waals surface area contributed by atoms with E-state index in [0.717, 1.165) is 5.56 Å². The average molecular weight is 327 g/mol. The van der Waals surface area contributed by atoms with Gasteiger partial charge in [-0.3, -0.25) is 9.69 Å². The molecule has 1 aromatic carbocycles. The molecular formula is C13H17N3O3S2. The summed E-state index contributed by atoms with van der Waals surface area (Å²) in [7, 11) is 0.603. The second-order valence-corrected chi connectivity index (χ2v) is 5.52. The molecule has 21 heavy (non-hydrogen) atoms. The Morgan fingerprint density at radius 1 is 1.38 bits per heavy atom. The van der Waals surface area contributed by atoms with Crippen molar-refractivity contribution in [2.24, 2.45) is 4.36 Å². The third kappa shape index (κ3) is 4.91. The summed E-state index contributed by atoms with van der Waals surface area (Å²) in [4.78, 5) is 13.8. The Kier molecular flexibility index (Phi) is 6.44. The van der Waals surface area contributed by atoms with E-state index in [0.29, 0.717) is 5.56 Å². The zero-order valence-electron chi connectivity index (χ0n) is 12.0. The Morgan fingerprint density at radius 3 is 2.43 bits per heavy atom. The number of carbonyl (C=O) groups excluding carboxylic acids is 1. The highest BCUT2D eigenvalue weighted by Gasteiger charge is 2.25. The first kappa shape index (κ1) is 17.3. The lowest BCUT2D eigenvalue weighted by molar-refractivity contribution is -0.127. The van der Waals surface area contributed by atoms with Crippen molar-refractivity contribution >= 4 is 33.7 Å². The van der Waals surface area contributed by atoms with E-state index in [1.165, 1.54) is 11.9 Å². The summed E-state index contributed by atoms with van der Waals surface area (Å²) >= 11 is 5.02. The van der Waals surface area contributed by atoms with Gasteiger partial charge in [-0.15, -0.1) is 0 Å². The third-order valence-electron chi connectivity index (χ3n) is 2.99. The van der Waals surface area contributed by atoms with Crippen LogP contribution in [0.15, 0.2) is 28.6 Å². The number of thiocarbonyl (C=S) groups is 1. The van der Waals surface area contributed by atoms with Gasteiger partial charge in [0.05, 0.1) is 12.5 Å². The second-order valence-electron chi connectivity index (χ2n) is 4.44. The van der Waals surface area contributed by atoms with Gasteiger partial charge >= 0.3 is 10.5 Å². The minimum atomic E-state index is -2.55. The van der Waals surface area contributed by atoms with Gasteiger partial charge < -0.3 is 5.32 Å². The smallest absolute Gasteiger partial charge is 0.311 e. The van der Waals surface area contributed by atoms with Crippen LogP contribution in [0.4, 0.5) is 0 Å². The fourth-order valence-corrected chi connectivity index (χ4v) is 2.12. The van der Waals surface area contributed by atoms with E-state index in [2.05, 4.69) is 9.68 Å². The van der Waals surface area contributed by atoms with Crippen LogP contribution in [0.5, 0.6) is 0 Å². The molecule has 1 amide bonds. The number of aryl methyl sites for hydroxylation is 1. The van der Waals surface area contributed by atoms with Crippen LogP contribution in [-0.4, -0.2) is 45.0 Å². The fourth-order valence-electron chi connectivity index (χ4n) is 1.76. The van der Waals surface area contributed by atoms with E-state index in [1.54, 1.807) is 19.2 Å². The molecule has 0 aromatic heterocycles. The first-order valence-corrected chi connectivity index (χ1v) is 7.63. The molecule has 0 saturated heterocycles.